The van der Waals surface area contributed by atoms with Crippen LogP contribution < -0.4 is 45.6 Å². The van der Waals surface area contributed by atoms with E-state index >= 15 is 0 Å². The van der Waals surface area contributed by atoms with Crippen LogP contribution in [-0.4, -0.2) is 129 Å². The molecule has 39 heteroatoms. The standard InChI is InChI=1S/C24H21Cl4N3O2.3C24H19Cl3F3N3O/c1-33-23-9-7-18(27)13-20(23)29-24(32)30-10-11-31(21-8-6-17(26)12-19(21)28)22(14-30)15-2-4-16(25)5-3-15;25-17-5-1-15(2-6-17)22-14-32(11-12-33(22)21-10-7-18(26)13-20(21)27)23(34)31-19-8-3-16(4-9-19)24(28,29)30;25-17-6-4-15(5-7-17)22-14-32(10-11-33(22)21-9-8-18(26)13-20(21)27)23(34)31-19-3-1-2-16(12-19)24(28,29)30;25-16-7-5-15(6-8-16)22-14-32(11-12-33(22)21-10-9-17(26)13-19(21)27)23(34)31-20-4-2-1-3-18(20)24(28,29)30/h2-9,12-13,22H,10-11,14H2,1H3,(H,29,32);1-10,13,22H,11-12,14H2,(H,31,34);1-9,12-13,22H,10-11,14H2,(H,31,34);1-10,13,22H,11-12,14H2,(H,31,34). The fourth-order valence-corrected chi connectivity index (χ4v) is 18.4. The number of hydrogen-bond donors (Lipinski definition) is 4. The monoisotopic (exact) mass is 2100 g/mol. The van der Waals surface area contributed by atoms with Gasteiger partial charge in [-0.3, -0.25) is 0 Å². The molecule has 135 heavy (non-hydrogen) atoms. The Morgan fingerprint density at radius 3 is 0.896 bits per heavy atom. The number of rotatable bonds is 13. The Balaban J connectivity index is 0.000000152. The zero-order valence-corrected chi connectivity index (χ0v) is 80.4. The molecule has 12 aromatic carbocycles. The Morgan fingerprint density at radius 2 is 0.578 bits per heavy atom. The van der Waals surface area contributed by atoms with E-state index in [0.29, 0.717) is 136 Å². The van der Waals surface area contributed by atoms with Crippen LogP contribution in [0.25, 0.3) is 0 Å². The number of carbonyl (C=O) groups is 4. The average molecular weight is 2110 g/mol. The largest absolute Gasteiger partial charge is 0.495 e. The van der Waals surface area contributed by atoms with Gasteiger partial charge in [0.15, 0.2) is 0 Å². The van der Waals surface area contributed by atoms with Crippen LogP contribution >= 0.6 is 151 Å². The summed E-state index contributed by atoms with van der Waals surface area (Å²) in [4.78, 5) is 66.9. The summed E-state index contributed by atoms with van der Waals surface area (Å²) >= 11 is 80.6. The van der Waals surface area contributed by atoms with Crippen molar-refractivity contribution in [3.63, 3.8) is 0 Å². The fraction of sp³-hybridized carbons (Fsp3) is 0.208. The molecule has 8 amide bonds. The van der Waals surface area contributed by atoms with E-state index in [0.717, 1.165) is 75.3 Å². The lowest BCUT2D eigenvalue weighted by Crippen LogP contribution is -2.52. The third-order valence-electron chi connectivity index (χ3n) is 22.3. The van der Waals surface area contributed by atoms with Gasteiger partial charge in [0.1, 0.15) is 5.75 Å². The molecule has 17 nitrogen and oxygen atoms in total. The number of methoxy groups -OCH3 is 1. The summed E-state index contributed by atoms with van der Waals surface area (Å²) in [5, 5.41) is 17.6. The maximum absolute atomic E-state index is 13.4. The highest BCUT2D eigenvalue weighted by molar-refractivity contribution is 6.39. The summed E-state index contributed by atoms with van der Waals surface area (Å²) < 4.78 is 123. The molecule has 4 unspecified atom stereocenters. The summed E-state index contributed by atoms with van der Waals surface area (Å²) in [5.74, 6) is 0.536. The number of nitrogens with zero attached hydrogens (tertiary/aromatic N) is 8. The Hall–Kier alpha value is -10.1. The van der Waals surface area contributed by atoms with Crippen molar-refractivity contribution in [2.24, 2.45) is 0 Å². The van der Waals surface area contributed by atoms with Crippen LogP contribution in [0.5, 0.6) is 5.75 Å². The molecule has 4 aliphatic heterocycles. The van der Waals surface area contributed by atoms with Gasteiger partial charge in [-0.2, -0.15) is 39.5 Å². The minimum atomic E-state index is -4.58. The molecule has 0 bridgehead atoms. The van der Waals surface area contributed by atoms with Gasteiger partial charge in [0.05, 0.1) is 102 Å². The van der Waals surface area contributed by atoms with Gasteiger partial charge in [-0.15, -0.1) is 0 Å². The number of urea groups is 4. The molecule has 4 atom stereocenters. The minimum absolute atomic E-state index is 0.0750. The first-order valence-corrected chi connectivity index (χ1v) is 46.1. The van der Waals surface area contributed by atoms with Crippen molar-refractivity contribution in [2.75, 3.05) is 127 Å². The second kappa shape index (κ2) is 45.4. The lowest BCUT2D eigenvalue weighted by atomic mass is 10.0. The molecule has 0 radical (unpaired) electrons. The molecule has 0 aromatic heterocycles. The van der Waals surface area contributed by atoms with E-state index in [1.807, 2.05) is 91.0 Å². The molecule has 4 fully saturated rings. The quantitative estimate of drug-likeness (QED) is 0.0827. The smallest absolute Gasteiger partial charge is 0.418 e. The van der Waals surface area contributed by atoms with Crippen LogP contribution in [0, 0.1) is 0 Å². The summed E-state index contributed by atoms with van der Waals surface area (Å²) in [6.45, 7) is 4.69. The topological polar surface area (TPSA) is 152 Å². The van der Waals surface area contributed by atoms with Crippen LogP contribution in [0.2, 0.25) is 65.3 Å². The Bertz CT molecular complexity index is 6190. The molecule has 4 heterocycles. The van der Waals surface area contributed by atoms with E-state index in [4.69, 9.17) is 156 Å². The number of ether oxygens (including phenoxy) is 1. The van der Waals surface area contributed by atoms with E-state index in [1.54, 1.807) is 119 Å². The Morgan fingerprint density at radius 1 is 0.281 bits per heavy atom. The first kappa shape index (κ1) is 102. The molecule has 4 aliphatic rings. The number of nitrogens with one attached hydrogen (secondary N) is 4. The molecule has 4 saturated heterocycles. The summed E-state index contributed by atoms with van der Waals surface area (Å²) in [7, 11) is 1.55. The third-order valence-corrected chi connectivity index (χ3v) is 25.7. The van der Waals surface area contributed by atoms with Crippen LogP contribution in [0.4, 0.5) is 104 Å². The first-order valence-electron chi connectivity index (χ1n) is 41.2. The highest BCUT2D eigenvalue weighted by Crippen LogP contribution is 2.45. The molecule has 4 N–H and O–H groups in total. The molecule has 706 valence electrons. The maximum atomic E-state index is 13.4. The molecular formula is C96H78Cl13F9N12O5. The van der Waals surface area contributed by atoms with Crippen molar-refractivity contribution in [1.29, 1.82) is 0 Å². The minimum Gasteiger partial charge on any atom is -0.495 e. The van der Waals surface area contributed by atoms with Crippen molar-refractivity contribution in [2.45, 2.75) is 42.7 Å². The maximum Gasteiger partial charge on any atom is 0.418 e. The Labute approximate surface area is 836 Å². The van der Waals surface area contributed by atoms with Crippen LogP contribution in [0.15, 0.2) is 261 Å². The number of para-hydroxylation sites is 1. The highest BCUT2D eigenvalue weighted by Gasteiger charge is 2.40. The van der Waals surface area contributed by atoms with Crippen molar-refractivity contribution < 1.29 is 63.4 Å². The molecule has 12 aromatic rings. The lowest BCUT2D eigenvalue weighted by molar-refractivity contribution is -0.138. The predicted octanol–water partition coefficient (Wildman–Crippen LogP) is 30.7. The second-order valence-electron chi connectivity index (χ2n) is 31.0. The van der Waals surface area contributed by atoms with Crippen molar-refractivity contribution >= 4 is 220 Å². The van der Waals surface area contributed by atoms with Crippen LogP contribution in [0.1, 0.15) is 63.1 Å². The van der Waals surface area contributed by atoms with E-state index in [-0.39, 0.29) is 66.9 Å². The third kappa shape index (κ3) is 26.8. The normalized spacial score (nSPS) is 16.3. The number of benzene rings is 12. The van der Waals surface area contributed by atoms with Crippen molar-refractivity contribution in [3.8, 4) is 5.75 Å². The van der Waals surface area contributed by atoms with Crippen molar-refractivity contribution in [3.05, 3.63) is 365 Å². The highest BCUT2D eigenvalue weighted by atomic mass is 35.5. The van der Waals surface area contributed by atoms with E-state index in [9.17, 15) is 58.7 Å². The van der Waals surface area contributed by atoms with Gasteiger partial charge >= 0.3 is 42.7 Å². The number of alkyl halides is 9. The molecule has 0 spiro atoms. The number of anilines is 8. The average Bonchev–Trinajstić information content (AvgIpc) is 0.797. The van der Waals surface area contributed by atoms with Crippen molar-refractivity contribution in [1.82, 2.24) is 19.6 Å². The number of carbonyl (C=O) groups excluding carboxylic acids is 4. The van der Waals surface area contributed by atoms with Gasteiger partial charge in [-0.05, 0) is 216 Å². The van der Waals surface area contributed by atoms with Crippen LogP contribution in [-0.2, 0) is 18.5 Å². The molecular weight excluding hydrogens is 2030 g/mol. The molecule has 0 aliphatic carbocycles. The Kier molecular flexibility index (Phi) is 34.4. The van der Waals surface area contributed by atoms with Gasteiger partial charge < -0.3 is 65.2 Å². The van der Waals surface area contributed by atoms with E-state index in [2.05, 4.69) is 40.9 Å². The van der Waals surface area contributed by atoms with Gasteiger partial charge in [0.2, 0.25) is 0 Å². The second-order valence-corrected chi connectivity index (χ2v) is 36.5. The van der Waals surface area contributed by atoms with Crippen LogP contribution in [0.3, 0.4) is 0 Å². The van der Waals surface area contributed by atoms with E-state index < -0.39 is 53.3 Å². The van der Waals surface area contributed by atoms with Gasteiger partial charge in [-0.25, -0.2) is 19.2 Å². The molecule has 16 rings (SSSR count). The first-order chi connectivity index (χ1) is 64.2. The summed E-state index contributed by atoms with van der Waals surface area (Å²) in [6, 6.07) is 66.7. The fourth-order valence-electron chi connectivity index (χ4n) is 15.7. The number of halogens is 22. The number of piperazine rings is 4. The number of hydrogen-bond acceptors (Lipinski definition) is 9. The molecule has 0 saturated carbocycles. The van der Waals surface area contributed by atoms with E-state index in [1.165, 1.54) is 47.4 Å². The zero-order valence-electron chi connectivity index (χ0n) is 70.6. The van der Waals surface area contributed by atoms with Gasteiger partial charge in [0, 0.05) is 135 Å². The zero-order chi connectivity index (χ0) is 96.9. The lowest BCUT2D eigenvalue weighted by Gasteiger charge is -2.43. The SMILES string of the molecule is COc1ccc(Cl)cc1NC(=O)N1CCN(c2ccc(Cl)cc2Cl)C(c2ccc(Cl)cc2)C1.O=C(Nc1ccc(C(F)(F)F)cc1)N1CCN(c2ccc(Cl)cc2Cl)C(c2ccc(Cl)cc2)C1.O=C(Nc1cccc(C(F)(F)F)c1)N1CCN(c2ccc(Cl)cc2Cl)C(c2ccc(Cl)cc2)C1.O=C(Nc1ccccc1C(F)(F)F)N1CCN(c2ccc(Cl)cc2Cl)C(c2ccc(Cl)cc2)C1. The predicted molar refractivity (Wildman–Crippen MR) is 527 cm³/mol. The van der Waals surface area contributed by atoms with Gasteiger partial charge in [-0.1, -0.05) is 218 Å². The summed E-state index contributed by atoms with van der Waals surface area (Å²) in [5.41, 5.74) is 4.98. The summed E-state index contributed by atoms with van der Waals surface area (Å²) in [6.07, 6.45) is -13.5. The number of amides is 8. The van der Waals surface area contributed by atoms with Gasteiger partial charge in [0.25, 0.3) is 0 Å².